The van der Waals surface area contributed by atoms with Crippen LogP contribution in [0, 0.1) is 17.8 Å². The van der Waals surface area contributed by atoms with Crippen molar-refractivity contribution in [3.05, 3.63) is 33.3 Å². The fourth-order valence-electron chi connectivity index (χ4n) is 3.87. The van der Waals surface area contributed by atoms with E-state index in [-0.39, 0.29) is 18.7 Å². The second kappa shape index (κ2) is 8.91. The summed E-state index contributed by atoms with van der Waals surface area (Å²) in [6, 6.07) is 5.73. The average Bonchev–Trinajstić information content (AvgIpc) is 2.61. The molecule has 0 aliphatic heterocycles. The number of halogens is 2. The lowest BCUT2D eigenvalue weighted by molar-refractivity contribution is -0.158. The van der Waals surface area contributed by atoms with E-state index in [1.807, 2.05) is 18.2 Å². The molecule has 1 aromatic carbocycles. The van der Waals surface area contributed by atoms with Gasteiger partial charge in [-0.2, -0.15) is 0 Å². The van der Waals surface area contributed by atoms with Crippen LogP contribution < -0.4 is 4.74 Å². The lowest BCUT2D eigenvalue weighted by atomic mass is 9.75. The summed E-state index contributed by atoms with van der Waals surface area (Å²) in [5.74, 6) is 1.76. The molecule has 1 aromatic heterocycles. The van der Waals surface area contributed by atoms with Gasteiger partial charge in [0.2, 0.25) is 0 Å². The molecule has 2 aromatic rings. The molecular weight excluding hydrogens is 474 g/mol. The van der Waals surface area contributed by atoms with Crippen LogP contribution in [-0.4, -0.2) is 23.7 Å². The van der Waals surface area contributed by atoms with Crippen molar-refractivity contribution in [1.82, 2.24) is 4.98 Å². The van der Waals surface area contributed by atoms with Crippen molar-refractivity contribution in [2.45, 2.75) is 46.1 Å². The number of pyridine rings is 1. The van der Waals surface area contributed by atoms with Gasteiger partial charge in [-0.25, -0.2) is 4.79 Å². The maximum absolute atomic E-state index is 12.5. The van der Waals surface area contributed by atoms with Crippen molar-refractivity contribution in [3.8, 4) is 5.75 Å². The Hall–Kier alpha value is -1.14. The first-order valence-corrected chi connectivity index (χ1v) is 11.0. The molecule has 1 saturated carbocycles. The number of fused-ring (bicyclic) bond motifs is 1. The topological polar surface area (TPSA) is 48.4 Å². The van der Waals surface area contributed by atoms with E-state index in [9.17, 15) is 4.79 Å². The van der Waals surface area contributed by atoms with Crippen molar-refractivity contribution >= 4 is 48.7 Å². The second-order valence-corrected chi connectivity index (χ2v) is 9.42. The summed E-state index contributed by atoms with van der Waals surface area (Å²) < 4.78 is 13.3. The number of aromatic nitrogens is 1. The predicted octanol–water partition coefficient (Wildman–Crippen LogP) is 6.14. The Morgan fingerprint density at radius 3 is 2.81 bits per heavy atom. The van der Waals surface area contributed by atoms with E-state index in [0.717, 1.165) is 27.2 Å². The summed E-state index contributed by atoms with van der Waals surface area (Å²) in [7, 11) is 0. The number of esters is 1. The Morgan fingerprint density at radius 1 is 1.30 bits per heavy atom. The van der Waals surface area contributed by atoms with E-state index in [1.54, 1.807) is 6.20 Å². The van der Waals surface area contributed by atoms with E-state index in [2.05, 4.69) is 57.6 Å². The number of hydrogen-bond acceptors (Lipinski definition) is 4. The molecule has 4 nitrogen and oxygen atoms in total. The minimum atomic E-state index is -0.321. The maximum Gasteiger partial charge on any atom is 0.344 e. The molecule has 1 aliphatic carbocycles. The lowest BCUT2D eigenvalue weighted by Crippen LogP contribution is -2.37. The van der Waals surface area contributed by atoms with Crippen LogP contribution in [0.3, 0.4) is 0 Å². The predicted molar refractivity (Wildman–Crippen MR) is 114 cm³/mol. The van der Waals surface area contributed by atoms with Crippen LogP contribution >= 0.6 is 31.9 Å². The molecule has 0 radical (unpaired) electrons. The number of carbonyl (C=O) groups excluding carboxylic acids is 1. The van der Waals surface area contributed by atoms with Gasteiger partial charge in [-0.05, 0) is 58.7 Å². The van der Waals surface area contributed by atoms with Gasteiger partial charge in [0.1, 0.15) is 11.6 Å². The minimum absolute atomic E-state index is 0.0203. The molecule has 0 bridgehead atoms. The Balaban J connectivity index is 1.70. The first-order chi connectivity index (χ1) is 12.9. The zero-order valence-electron chi connectivity index (χ0n) is 15.9. The third-order valence-corrected chi connectivity index (χ3v) is 6.57. The van der Waals surface area contributed by atoms with E-state index in [1.165, 1.54) is 6.42 Å². The molecule has 0 N–H and O–H groups in total. The monoisotopic (exact) mass is 497 g/mol. The summed E-state index contributed by atoms with van der Waals surface area (Å²) in [4.78, 5) is 16.9. The molecule has 0 saturated heterocycles. The van der Waals surface area contributed by atoms with Crippen LogP contribution in [0.1, 0.15) is 40.0 Å². The van der Waals surface area contributed by atoms with Crippen LogP contribution in [0.15, 0.2) is 33.3 Å². The van der Waals surface area contributed by atoms with Crippen molar-refractivity contribution in [3.63, 3.8) is 0 Å². The van der Waals surface area contributed by atoms with Crippen LogP contribution in [-0.2, 0) is 9.53 Å². The number of carbonyl (C=O) groups is 1. The van der Waals surface area contributed by atoms with Crippen LogP contribution in [0.5, 0.6) is 5.75 Å². The summed E-state index contributed by atoms with van der Waals surface area (Å²) >= 11 is 7.04. The molecule has 6 heteroatoms. The number of rotatable bonds is 5. The fraction of sp³-hybridized carbons (Fsp3) is 0.524. The van der Waals surface area contributed by atoms with Crippen molar-refractivity contribution in [2.75, 3.05) is 6.61 Å². The smallest absolute Gasteiger partial charge is 0.344 e. The average molecular weight is 499 g/mol. The van der Waals surface area contributed by atoms with Gasteiger partial charge in [-0.15, -0.1) is 0 Å². The van der Waals surface area contributed by atoms with Gasteiger partial charge in [-0.3, -0.25) is 4.98 Å². The first kappa shape index (κ1) is 20.6. The van der Waals surface area contributed by atoms with Crippen molar-refractivity contribution in [1.29, 1.82) is 0 Å². The molecule has 3 atom stereocenters. The molecule has 0 amide bonds. The maximum atomic E-state index is 12.5. The molecule has 1 heterocycles. The van der Waals surface area contributed by atoms with Gasteiger partial charge in [0.15, 0.2) is 12.4 Å². The zero-order valence-corrected chi connectivity index (χ0v) is 19.0. The van der Waals surface area contributed by atoms with Crippen molar-refractivity contribution in [2.24, 2.45) is 17.8 Å². The van der Waals surface area contributed by atoms with Crippen LogP contribution in [0.4, 0.5) is 0 Å². The Morgan fingerprint density at radius 2 is 2.07 bits per heavy atom. The van der Waals surface area contributed by atoms with Crippen molar-refractivity contribution < 1.29 is 14.3 Å². The summed E-state index contributed by atoms with van der Waals surface area (Å²) in [6.45, 7) is 6.51. The van der Waals surface area contributed by atoms with Crippen LogP contribution in [0.2, 0.25) is 0 Å². The second-order valence-electron chi connectivity index (χ2n) is 7.71. The largest absolute Gasteiger partial charge is 0.478 e. The third-order valence-electron chi connectivity index (χ3n) is 5.33. The quantitative estimate of drug-likeness (QED) is 0.464. The standard InChI is InChI=1S/C21H25Br2NO3/c1-12(2)14-7-6-13(3)9-18(14)27-19(25)11-26-21-17(23)10-16(22)15-5-4-8-24-20(15)21/h4-5,8,10,12-14,18H,6-7,9,11H2,1-3H3. The SMILES string of the molecule is CC1CCC(C(C)C)C(OC(=O)COc2c(Br)cc(Br)c3cccnc23)C1. The molecule has 1 fully saturated rings. The van der Waals surface area contributed by atoms with Gasteiger partial charge in [-0.1, -0.05) is 49.2 Å². The highest BCUT2D eigenvalue weighted by molar-refractivity contribution is 9.11. The summed E-state index contributed by atoms with van der Waals surface area (Å²) in [6.07, 6.45) is 4.94. The highest BCUT2D eigenvalue weighted by Gasteiger charge is 2.33. The Kier molecular flexibility index (Phi) is 6.79. The fourth-order valence-corrected chi connectivity index (χ4v) is 5.26. The van der Waals surface area contributed by atoms with Gasteiger partial charge >= 0.3 is 5.97 Å². The molecule has 3 rings (SSSR count). The summed E-state index contributed by atoms with van der Waals surface area (Å²) in [5, 5.41) is 0.935. The van der Waals surface area contributed by atoms with Gasteiger partial charge in [0.05, 0.1) is 4.47 Å². The highest BCUT2D eigenvalue weighted by atomic mass is 79.9. The molecule has 3 unspecified atom stereocenters. The number of hydrogen-bond donors (Lipinski definition) is 0. The molecule has 0 spiro atoms. The van der Waals surface area contributed by atoms with E-state index in [0.29, 0.717) is 29.0 Å². The Bertz CT molecular complexity index is 824. The first-order valence-electron chi connectivity index (χ1n) is 9.41. The molecule has 1 aliphatic rings. The normalized spacial score (nSPS) is 22.8. The highest BCUT2D eigenvalue weighted by Crippen LogP contribution is 2.38. The molecular formula is C21H25Br2NO3. The third kappa shape index (κ3) is 4.83. The van der Waals surface area contributed by atoms with Gasteiger partial charge in [0, 0.05) is 16.1 Å². The molecule has 27 heavy (non-hydrogen) atoms. The number of ether oxygens (including phenoxy) is 2. The lowest BCUT2D eigenvalue weighted by Gasteiger charge is -2.36. The zero-order chi connectivity index (χ0) is 19.6. The van der Waals surface area contributed by atoms with E-state index in [4.69, 9.17) is 9.47 Å². The molecule has 146 valence electrons. The summed E-state index contributed by atoms with van der Waals surface area (Å²) in [5.41, 5.74) is 0.706. The van der Waals surface area contributed by atoms with E-state index >= 15 is 0 Å². The minimum Gasteiger partial charge on any atom is -0.478 e. The van der Waals surface area contributed by atoms with E-state index < -0.39 is 0 Å². The number of nitrogens with zero attached hydrogens (tertiary/aromatic N) is 1. The van der Waals surface area contributed by atoms with Gasteiger partial charge in [0.25, 0.3) is 0 Å². The van der Waals surface area contributed by atoms with Gasteiger partial charge < -0.3 is 9.47 Å². The number of benzene rings is 1. The van der Waals surface area contributed by atoms with Crippen LogP contribution in [0.25, 0.3) is 10.9 Å². The Labute approximate surface area is 177 Å².